The van der Waals surface area contributed by atoms with E-state index in [1.165, 1.54) is 0 Å². The summed E-state index contributed by atoms with van der Waals surface area (Å²) >= 11 is 9.20. The van der Waals surface area contributed by atoms with Gasteiger partial charge in [0.2, 0.25) is 0 Å². The predicted molar refractivity (Wildman–Crippen MR) is 133 cm³/mol. The molecule has 2 aromatic carbocycles. The second-order valence-electron chi connectivity index (χ2n) is 8.60. The SMILES string of the molecule is CC1(C)Cc2c(sc3nc(SCc4ccc(Cl)cc4)n(Cc4ccccc4)c(=O)c23)CO1. The molecule has 0 radical (unpaired) electrons. The number of rotatable bonds is 5. The number of thioether (sulfide) groups is 1. The Morgan fingerprint density at radius 1 is 1.12 bits per heavy atom. The molecule has 5 rings (SSSR count). The van der Waals surface area contributed by atoms with E-state index >= 15 is 0 Å². The molecule has 0 spiro atoms. The zero-order valence-electron chi connectivity index (χ0n) is 17.9. The van der Waals surface area contributed by atoms with Gasteiger partial charge in [0.15, 0.2) is 5.16 Å². The number of aromatic nitrogens is 2. The Morgan fingerprint density at radius 2 is 1.88 bits per heavy atom. The summed E-state index contributed by atoms with van der Waals surface area (Å²) in [6.07, 6.45) is 0.724. The standard InChI is InChI=1S/C25H23ClN2O2S2/c1-25(2)12-19-20(14-30-25)32-22-21(19)23(29)28(13-16-6-4-3-5-7-16)24(27-22)31-15-17-8-10-18(26)11-9-17/h3-11H,12-15H2,1-2H3. The van der Waals surface area contributed by atoms with Gasteiger partial charge in [-0.25, -0.2) is 4.98 Å². The second-order valence-corrected chi connectivity index (χ2v) is 11.1. The van der Waals surface area contributed by atoms with Gasteiger partial charge in [0.05, 0.1) is 24.1 Å². The lowest BCUT2D eigenvalue weighted by atomic mass is 9.94. The molecular formula is C25H23ClN2O2S2. The summed E-state index contributed by atoms with van der Waals surface area (Å²) in [4.78, 5) is 20.7. The van der Waals surface area contributed by atoms with Crippen molar-refractivity contribution >= 4 is 44.9 Å². The molecule has 4 nitrogen and oxygen atoms in total. The van der Waals surface area contributed by atoms with Crippen LogP contribution >= 0.6 is 34.7 Å². The molecule has 0 saturated carbocycles. The van der Waals surface area contributed by atoms with Gasteiger partial charge in [-0.05, 0) is 42.7 Å². The van der Waals surface area contributed by atoms with Gasteiger partial charge in [-0.2, -0.15) is 0 Å². The first-order chi connectivity index (χ1) is 15.4. The normalized spacial score (nSPS) is 15.1. The Kier molecular flexibility index (Phi) is 5.88. The lowest BCUT2D eigenvalue weighted by Gasteiger charge is -2.29. The van der Waals surface area contributed by atoms with Crippen molar-refractivity contribution < 1.29 is 4.74 Å². The summed E-state index contributed by atoms with van der Waals surface area (Å²) in [6.45, 7) is 5.18. The molecule has 0 atom stereocenters. The molecule has 0 unspecified atom stereocenters. The van der Waals surface area contributed by atoms with Gasteiger partial charge in [0.25, 0.3) is 5.56 Å². The Hall–Kier alpha value is -2.12. The number of ether oxygens (including phenoxy) is 1. The maximum absolute atomic E-state index is 13.8. The van der Waals surface area contributed by atoms with Crippen LogP contribution in [0.25, 0.3) is 10.2 Å². The van der Waals surface area contributed by atoms with Crippen LogP contribution in [0.15, 0.2) is 64.5 Å². The van der Waals surface area contributed by atoms with Crippen molar-refractivity contribution in [1.82, 2.24) is 9.55 Å². The summed E-state index contributed by atoms with van der Waals surface area (Å²) in [6, 6.07) is 17.9. The van der Waals surface area contributed by atoms with Crippen molar-refractivity contribution in [2.45, 2.75) is 49.9 Å². The molecule has 1 aliphatic rings. The number of hydrogen-bond donors (Lipinski definition) is 0. The zero-order chi connectivity index (χ0) is 22.3. The van der Waals surface area contributed by atoms with Gasteiger partial charge in [-0.15, -0.1) is 11.3 Å². The lowest BCUT2D eigenvalue weighted by Crippen LogP contribution is -2.32. The average molecular weight is 483 g/mol. The summed E-state index contributed by atoms with van der Waals surface area (Å²) in [7, 11) is 0. The van der Waals surface area contributed by atoms with Gasteiger partial charge in [0.1, 0.15) is 4.83 Å². The minimum atomic E-state index is -0.278. The Bertz CT molecular complexity index is 1330. The third-order valence-electron chi connectivity index (χ3n) is 5.62. The monoisotopic (exact) mass is 482 g/mol. The Balaban J connectivity index is 1.60. The predicted octanol–water partition coefficient (Wildman–Crippen LogP) is 6.30. The van der Waals surface area contributed by atoms with Gasteiger partial charge in [-0.3, -0.25) is 9.36 Å². The van der Waals surface area contributed by atoms with Crippen molar-refractivity contribution in [3.05, 3.63) is 91.5 Å². The van der Waals surface area contributed by atoms with Crippen molar-refractivity contribution in [2.24, 2.45) is 0 Å². The fraction of sp³-hybridized carbons (Fsp3) is 0.280. The smallest absolute Gasteiger partial charge is 0.263 e. The fourth-order valence-corrected chi connectivity index (χ4v) is 6.18. The molecule has 32 heavy (non-hydrogen) atoms. The van der Waals surface area contributed by atoms with Crippen LogP contribution in [0.2, 0.25) is 5.02 Å². The molecule has 0 saturated heterocycles. The third kappa shape index (κ3) is 4.37. The zero-order valence-corrected chi connectivity index (χ0v) is 20.3. The van der Waals surface area contributed by atoms with Crippen LogP contribution < -0.4 is 5.56 Å². The van der Waals surface area contributed by atoms with Crippen LogP contribution in [0.4, 0.5) is 0 Å². The highest BCUT2D eigenvalue weighted by molar-refractivity contribution is 7.98. The summed E-state index contributed by atoms with van der Waals surface area (Å²) in [5.41, 5.74) is 3.08. The van der Waals surface area contributed by atoms with E-state index in [-0.39, 0.29) is 11.2 Å². The van der Waals surface area contributed by atoms with E-state index < -0.39 is 0 Å². The highest BCUT2D eigenvalue weighted by atomic mass is 35.5. The van der Waals surface area contributed by atoms with E-state index in [0.29, 0.717) is 23.9 Å². The molecule has 0 N–H and O–H groups in total. The topological polar surface area (TPSA) is 44.1 Å². The maximum atomic E-state index is 13.8. The van der Waals surface area contributed by atoms with Crippen LogP contribution in [-0.4, -0.2) is 15.2 Å². The minimum absolute atomic E-state index is 0.0349. The molecular weight excluding hydrogens is 460 g/mol. The molecule has 0 amide bonds. The summed E-state index contributed by atoms with van der Waals surface area (Å²) in [5, 5.41) is 2.21. The van der Waals surface area contributed by atoms with E-state index in [1.807, 2.05) is 59.2 Å². The van der Waals surface area contributed by atoms with Crippen LogP contribution in [0.3, 0.4) is 0 Å². The molecule has 7 heteroatoms. The van der Waals surface area contributed by atoms with E-state index in [1.54, 1.807) is 23.1 Å². The Labute approximate surface area is 200 Å². The fourth-order valence-electron chi connectivity index (χ4n) is 3.95. The molecule has 0 fully saturated rings. The van der Waals surface area contributed by atoms with Crippen LogP contribution in [0, 0.1) is 0 Å². The number of nitrogens with zero attached hydrogens (tertiary/aromatic N) is 2. The van der Waals surface area contributed by atoms with Gasteiger partial charge < -0.3 is 4.74 Å². The molecule has 3 heterocycles. The molecule has 0 aliphatic carbocycles. The van der Waals surface area contributed by atoms with E-state index in [2.05, 4.69) is 13.8 Å². The van der Waals surface area contributed by atoms with Gasteiger partial charge >= 0.3 is 0 Å². The van der Waals surface area contributed by atoms with E-state index in [4.69, 9.17) is 21.3 Å². The van der Waals surface area contributed by atoms with Crippen LogP contribution in [-0.2, 0) is 30.1 Å². The number of hydrogen-bond acceptors (Lipinski definition) is 5. The third-order valence-corrected chi connectivity index (χ3v) is 8.02. The highest BCUT2D eigenvalue weighted by Gasteiger charge is 2.31. The highest BCUT2D eigenvalue weighted by Crippen LogP contribution is 2.37. The number of halogens is 1. The minimum Gasteiger partial charge on any atom is -0.370 e. The lowest BCUT2D eigenvalue weighted by molar-refractivity contribution is -0.0379. The molecule has 1 aliphatic heterocycles. The van der Waals surface area contributed by atoms with Crippen molar-refractivity contribution in [3.63, 3.8) is 0 Å². The maximum Gasteiger partial charge on any atom is 0.263 e. The summed E-state index contributed by atoms with van der Waals surface area (Å²) < 4.78 is 7.82. The molecule has 2 aromatic heterocycles. The van der Waals surface area contributed by atoms with Gasteiger partial charge in [-0.1, -0.05) is 65.8 Å². The first kappa shape index (κ1) is 21.7. The number of fused-ring (bicyclic) bond motifs is 3. The molecule has 0 bridgehead atoms. The van der Waals surface area contributed by atoms with Crippen molar-refractivity contribution in [2.75, 3.05) is 0 Å². The quantitative estimate of drug-likeness (QED) is 0.247. The summed E-state index contributed by atoms with van der Waals surface area (Å²) in [5.74, 6) is 0.713. The second kappa shape index (κ2) is 8.67. The molecule has 164 valence electrons. The van der Waals surface area contributed by atoms with Crippen molar-refractivity contribution in [3.8, 4) is 0 Å². The average Bonchev–Trinajstić information content (AvgIpc) is 3.13. The van der Waals surface area contributed by atoms with Gasteiger partial charge in [0, 0.05) is 22.1 Å². The van der Waals surface area contributed by atoms with Crippen LogP contribution in [0.1, 0.15) is 35.4 Å². The largest absolute Gasteiger partial charge is 0.370 e. The van der Waals surface area contributed by atoms with E-state index in [0.717, 1.165) is 43.4 Å². The first-order valence-corrected chi connectivity index (χ1v) is 12.7. The van der Waals surface area contributed by atoms with E-state index in [9.17, 15) is 4.79 Å². The van der Waals surface area contributed by atoms with Crippen molar-refractivity contribution in [1.29, 1.82) is 0 Å². The number of benzene rings is 2. The Morgan fingerprint density at radius 3 is 2.62 bits per heavy atom. The molecule has 4 aromatic rings. The number of thiophene rings is 1. The van der Waals surface area contributed by atoms with Crippen LogP contribution in [0.5, 0.6) is 0 Å². The first-order valence-electron chi connectivity index (χ1n) is 10.5.